The molecule has 3 rings (SSSR count). The number of rotatable bonds is 6. The Bertz CT molecular complexity index is 419. The second-order valence-corrected chi connectivity index (χ2v) is 6.57. The smallest absolute Gasteiger partial charge is 0.0593 e. The molecular weight excluding hydrogens is 260 g/mol. The van der Waals surface area contributed by atoms with Gasteiger partial charge in [-0.15, -0.1) is 0 Å². The standard InChI is InChI=1S/C18H28N2O/c1-15(13-19-18-7-8-18)17-5-3-16(4-6-17)14-20-9-2-11-21-12-10-20/h3-6,15,18-19H,2,7-14H2,1H3. The molecule has 1 atom stereocenters. The average molecular weight is 288 g/mol. The Kier molecular flexibility index (Phi) is 5.28. The highest BCUT2D eigenvalue weighted by atomic mass is 16.5. The SMILES string of the molecule is CC(CNC1CC1)c1ccc(CN2CCCOCC2)cc1. The average Bonchev–Trinajstić information content (AvgIpc) is 3.33. The molecule has 1 N–H and O–H groups in total. The van der Waals surface area contributed by atoms with Gasteiger partial charge in [-0.25, -0.2) is 0 Å². The number of nitrogens with zero attached hydrogens (tertiary/aromatic N) is 1. The monoisotopic (exact) mass is 288 g/mol. The van der Waals surface area contributed by atoms with Crippen molar-refractivity contribution >= 4 is 0 Å². The van der Waals surface area contributed by atoms with E-state index >= 15 is 0 Å². The van der Waals surface area contributed by atoms with Crippen LogP contribution in [-0.4, -0.2) is 43.8 Å². The molecule has 0 aromatic heterocycles. The van der Waals surface area contributed by atoms with Crippen molar-refractivity contribution in [3.8, 4) is 0 Å². The summed E-state index contributed by atoms with van der Waals surface area (Å²) in [7, 11) is 0. The van der Waals surface area contributed by atoms with Gasteiger partial charge in [-0.3, -0.25) is 4.90 Å². The lowest BCUT2D eigenvalue weighted by Crippen LogP contribution is -2.25. The van der Waals surface area contributed by atoms with Crippen LogP contribution in [0.3, 0.4) is 0 Å². The topological polar surface area (TPSA) is 24.5 Å². The molecule has 1 aromatic carbocycles. The van der Waals surface area contributed by atoms with Crippen molar-refractivity contribution in [2.75, 3.05) is 32.8 Å². The van der Waals surface area contributed by atoms with E-state index in [1.807, 2.05) is 0 Å². The van der Waals surface area contributed by atoms with Gasteiger partial charge < -0.3 is 10.1 Å². The molecule has 0 radical (unpaired) electrons. The normalized spacial score (nSPS) is 22.0. The first-order valence-electron chi connectivity index (χ1n) is 8.43. The van der Waals surface area contributed by atoms with Crippen LogP contribution in [0.2, 0.25) is 0 Å². The molecule has 1 heterocycles. The molecule has 2 fully saturated rings. The molecule has 2 aliphatic rings. The van der Waals surface area contributed by atoms with Gasteiger partial charge in [0, 0.05) is 38.8 Å². The van der Waals surface area contributed by atoms with E-state index in [9.17, 15) is 0 Å². The number of hydrogen-bond acceptors (Lipinski definition) is 3. The summed E-state index contributed by atoms with van der Waals surface area (Å²) in [5.41, 5.74) is 2.87. The Morgan fingerprint density at radius 3 is 2.76 bits per heavy atom. The maximum atomic E-state index is 5.52. The molecule has 3 heteroatoms. The summed E-state index contributed by atoms with van der Waals surface area (Å²) in [6.07, 6.45) is 3.89. The summed E-state index contributed by atoms with van der Waals surface area (Å²) >= 11 is 0. The molecule has 0 amide bonds. The Balaban J connectivity index is 1.50. The molecule has 1 saturated heterocycles. The number of benzene rings is 1. The second kappa shape index (κ2) is 7.39. The minimum Gasteiger partial charge on any atom is -0.380 e. The zero-order valence-corrected chi connectivity index (χ0v) is 13.2. The molecule has 1 aromatic rings. The maximum absolute atomic E-state index is 5.52. The van der Waals surface area contributed by atoms with Gasteiger partial charge in [0.05, 0.1) is 6.61 Å². The van der Waals surface area contributed by atoms with Gasteiger partial charge >= 0.3 is 0 Å². The van der Waals surface area contributed by atoms with Crippen LogP contribution in [0.5, 0.6) is 0 Å². The first kappa shape index (κ1) is 15.0. The molecule has 0 spiro atoms. The highest BCUT2D eigenvalue weighted by Crippen LogP contribution is 2.21. The Morgan fingerprint density at radius 1 is 1.19 bits per heavy atom. The first-order valence-corrected chi connectivity index (χ1v) is 8.43. The molecule has 1 saturated carbocycles. The number of hydrogen-bond donors (Lipinski definition) is 1. The molecule has 3 nitrogen and oxygen atoms in total. The van der Waals surface area contributed by atoms with Gasteiger partial charge in [0.1, 0.15) is 0 Å². The van der Waals surface area contributed by atoms with Gasteiger partial charge in [-0.2, -0.15) is 0 Å². The molecule has 0 bridgehead atoms. The lowest BCUT2D eigenvalue weighted by Gasteiger charge is -2.19. The van der Waals surface area contributed by atoms with E-state index in [0.29, 0.717) is 5.92 Å². The molecule has 116 valence electrons. The van der Waals surface area contributed by atoms with Crippen LogP contribution in [0, 0.1) is 0 Å². The predicted octanol–water partition coefficient (Wildman–Crippen LogP) is 2.76. The van der Waals surface area contributed by atoms with E-state index in [4.69, 9.17) is 4.74 Å². The van der Waals surface area contributed by atoms with Gasteiger partial charge in [0.2, 0.25) is 0 Å². The fourth-order valence-electron chi connectivity index (χ4n) is 2.91. The fourth-order valence-corrected chi connectivity index (χ4v) is 2.91. The summed E-state index contributed by atoms with van der Waals surface area (Å²) in [5, 5.41) is 3.62. The van der Waals surface area contributed by atoms with E-state index in [1.54, 1.807) is 0 Å². The lowest BCUT2D eigenvalue weighted by atomic mass is 9.99. The molecule has 1 unspecified atom stereocenters. The van der Waals surface area contributed by atoms with E-state index in [-0.39, 0.29) is 0 Å². The van der Waals surface area contributed by atoms with Crippen LogP contribution in [0.15, 0.2) is 24.3 Å². The molecular formula is C18H28N2O. The van der Waals surface area contributed by atoms with E-state index in [2.05, 4.69) is 41.4 Å². The minimum absolute atomic E-state index is 0.603. The minimum atomic E-state index is 0.603. The predicted molar refractivity (Wildman–Crippen MR) is 86.6 cm³/mol. The highest BCUT2D eigenvalue weighted by molar-refractivity contribution is 5.25. The Labute approximate surface area is 128 Å². The van der Waals surface area contributed by atoms with Crippen molar-refractivity contribution in [2.24, 2.45) is 0 Å². The zero-order chi connectivity index (χ0) is 14.5. The van der Waals surface area contributed by atoms with Gasteiger partial charge in [0.25, 0.3) is 0 Å². The van der Waals surface area contributed by atoms with Gasteiger partial charge in [0.15, 0.2) is 0 Å². The first-order chi connectivity index (χ1) is 10.3. The number of ether oxygens (including phenoxy) is 1. The lowest BCUT2D eigenvalue weighted by molar-refractivity contribution is 0.140. The maximum Gasteiger partial charge on any atom is 0.0593 e. The van der Waals surface area contributed by atoms with E-state index in [0.717, 1.165) is 51.9 Å². The van der Waals surface area contributed by atoms with Gasteiger partial charge in [-0.05, 0) is 36.3 Å². The van der Waals surface area contributed by atoms with Crippen LogP contribution in [0.1, 0.15) is 43.2 Å². The van der Waals surface area contributed by atoms with Crippen LogP contribution in [-0.2, 0) is 11.3 Å². The molecule has 21 heavy (non-hydrogen) atoms. The van der Waals surface area contributed by atoms with E-state index in [1.165, 1.54) is 24.0 Å². The largest absolute Gasteiger partial charge is 0.380 e. The van der Waals surface area contributed by atoms with Gasteiger partial charge in [-0.1, -0.05) is 31.2 Å². The van der Waals surface area contributed by atoms with Crippen molar-refractivity contribution in [1.82, 2.24) is 10.2 Å². The summed E-state index contributed by atoms with van der Waals surface area (Å²) < 4.78 is 5.52. The van der Waals surface area contributed by atoms with Crippen molar-refractivity contribution in [3.05, 3.63) is 35.4 Å². The summed E-state index contributed by atoms with van der Waals surface area (Å²) in [6.45, 7) is 8.48. The van der Waals surface area contributed by atoms with E-state index < -0.39 is 0 Å². The number of nitrogens with one attached hydrogen (secondary N) is 1. The summed E-state index contributed by atoms with van der Waals surface area (Å²) in [6, 6.07) is 10.0. The van der Waals surface area contributed by atoms with Crippen LogP contribution < -0.4 is 5.32 Å². The van der Waals surface area contributed by atoms with Crippen molar-refractivity contribution in [1.29, 1.82) is 0 Å². The highest BCUT2D eigenvalue weighted by Gasteiger charge is 2.21. The van der Waals surface area contributed by atoms with Crippen molar-refractivity contribution in [2.45, 2.75) is 44.7 Å². The quantitative estimate of drug-likeness (QED) is 0.871. The Hall–Kier alpha value is -0.900. The third-order valence-corrected chi connectivity index (χ3v) is 4.56. The summed E-state index contributed by atoms with van der Waals surface area (Å²) in [5.74, 6) is 0.603. The van der Waals surface area contributed by atoms with Crippen LogP contribution >= 0.6 is 0 Å². The Morgan fingerprint density at radius 2 is 2.00 bits per heavy atom. The zero-order valence-electron chi connectivity index (χ0n) is 13.2. The van der Waals surface area contributed by atoms with Crippen LogP contribution in [0.25, 0.3) is 0 Å². The third-order valence-electron chi connectivity index (χ3n) is 4.56. The molecule has 1 aliphatic heterocycles. The second-order valence-electron chi connectivity index (χ2n) is 6.57. The van der Waals surface area contributed by atoms with Crippen molar-refractivity contribution < 1.29 is 4.74 Å². The van der Waals surface area contributed by atoms with Crippen LogP contribution in [0.4, 0.5) is 0 Å². The third kappa shape index (κ3) is 4.80. The van der Waals surface area contributed by atoms with Crippen molar-refractivity contribution in [3.63, 3.8) is 0 Å². The summed E-state index contributed by atoms with van der Waals surface area (Å²) in [4.78, 5) is 2.50. The fraction of sp³-hybridized carbons (Fsp3) is 0.667. The molecule has 1 aliphatic carbocycles.